The van der Waals surface area contributed by atoms with Gasteiger partial charge in [0.2, 0.25) is 5.78 Å². The van der Waals surface area contributed by atoms with Gasteiger partial charge in [0.25, 0.3) is 0 Å². The fourth-order valence-electron chi connectivity index (χ4n) is 4.11. The zero-order valence-corrected chi connectivity index (χ0v) is 16.3. The van der Waals surface area contributed by atoms with Crippen LogP contribution in [0.4, 0.5) is 0 Å². The average Bonchev–Trinajstić information content (AvgIpc) is 3.10. The molecule has 0 amide bonds. The number of Topliss-reactive ketones (excluding diaryl/α,β-unsaturated/α-hetero) is 1. The Bertz CT molecular complexity index is 1060. The van der Waals surface area contributed by atoms with Gasteiger partial charge in [-0.3, -0.25) is 14.4 Å². The fraction of sp³-hybridized carbons (Fsp3) is 0.318. The summed E-state index contributed by atoms with van der Waals surface area (Å²) in [6.45, 7) is 3.88. The second-order valence-electron chi connectivity index (χ2n) is 7.28. The zero-order chi connectivity index (χ0) is 20.9. The normalized spacial score (nSPS) is 17.1. The number of hydrogen-bond donors (Lipinski definition) is 1. The van der Waals surface area contributed by atoms with Crippen LogP contribution < -0.4 is 4.74 Å². The van der Waals surface area contributed by atoms with Gasteiger partial charge in [-0.1, -0.05) is 12.1 Å². The van der Waals surface area contributed by atoms with Gasteiger partial charge in [-0.05, 0) is 31.5 Å². The third-order valence-corrected chi connectivity index (χ3v) is 5.32. The number of rotatable bonds is 4. The monoisotopic (exact) mass is 396 g/mol. The number of phenolic OH excluding ortho intramolecular Hbond substituents is 1. The molecule has 1 heterocycles. The summed E-state index contributed by atoms with van der Waals surface area (Å²) in [5, 5.41) is 10.7. The molecule has 0 spiro atoms. The van der Waals surface area contributed by atoms with E-state index in [9.17, 15) is 19.5 Å². The van der Waals surface area contributed by atoms with Crippen LogP contribution in [0.5, 0.6) is 11.5 Å². The average molecular weight is 396 g/mol. The number of aromatic hydroxyl groups is 1. The van der Waals surface area contributed by atoms with E-state index in [4.69, 9.17) is 14.2 Å². The van der Waals surface area contributed by atoms with Crippen molar-refractivity contribution in [2.45, 2.75) is 26.1 Å². The van der Waals surface area contributed by atoms with Gasteiger partial charge >= 0.3 is 0 Å². The van der Waals surface area contributed by atoms with Crippen molar-refractivity contribution in [3.63, 3.8) is 0 Å². The molecular formula is C22H20O7. The third-order valence-electron chi connectivity index (χ3n) is 5.32. The SMILES string of the molecule is COc1cccc2c1C(=O)c1c(O)cc(CC3(C)OCCO3)c(C(C)=O)c1C2=O. The molecule has 0 radical (unpaired) electrons. The van der Waals surface area contributed by atoms with Gasteiger partial charge in [-0.15, -0.1) is 0 Å². The minimum Gasteiger partial charge on any atom is -0.507 e. The summed E-state index contributed by atoms with van der Waals surface area (Å²) in [6.07, 6.45) is 0.148. The van der Waals surface area contributed by atoms with Crippen molar-refractivity contribution < 1.29 is 33.7 Å². The molecule has 1 saturated heterocycles. The van der Waals surface area contributed by atoms with Gasteiger partial charge < -0.3 is 19.3 Å². The lowest BCUT2D eigenvalue weighted by atomic mass is 9.78. The van der Waals surface area contributed by atoms with Crippen molar-refractivity contribution >= 4 is 17.3 Å². The number of phenols is 1. The van der Waals surface area contributed by atoms with Crippen LogP contribution >= 0.6 is 0 Å². The molecule has 0 saturated carbocycles. The zero-order valence-electron chi connectivity index (χ0n) is 16.3. The molecule has 4 rings (SSSR count). The van der Waals surface area contributed by atoms with Crippen molar-refractivity contribution in [1.82, 2.24) is 0 Å². The molecular weight excluding hydrogens is 376 g/mol. The molecule has 0 unspecified atom stereocenters. The van der Waals surface area contributed by atoms with E-state index in [0.717, 1.165) is 0 Å². The second-order valence-corrected chi connectivity index (χ2v) is 7.28. The van der Waals surface area contributed by atoms with Crippen molar-refractivity contribution in [2.75, 3.05) is 20.3 Å². The minimum atomic E-state index is -0.978. The van der Waals surface area contributed by atoms with E-state index in [1.807, 2.05) is 0 Å². The predicted molar refractivity (Wildman–Crippen MR) is 102 cm³/mol. The third kappa shape index (κ3) is 2.94. The summed E-state index contributed by atoms with van der Waals surface area (Å²) >= 11 is 0. The van der Waals surface area contributed by atoms with Crippen LogP contribution in [-0.4, -0.2) is 48.6 Å². The van der Waals surface area contributed by atoms with E-state index in [1.165, 1.54) is 26.2 Å². The Labute approximate surface area is 167 Å². The largest absolute Gasteiger partial charge is 0.507 e. The molecule has 0 atom stereocenters. The van der Waals surface area contributed by atoms with Crippen molar-refractivity contribution in [2.24, 2.45) is 0 Å². The number of benzene rings is 2. The van der Waals surface area contributed by atoms with E-state index < -0.39 is 17.4 Å². The van der Waals surface area contributed by atoms with E-state index in [2.05, 4.69) is 0 Å². The molecule has 1 aliphatic carbocycles. The first kappa shape index (κ1) is 19.3. The number of fused-ring (bicyclic) bond motifs is 2. The van der Waals surface area contributed by atoms with Crippen LogP contribution in [0.1, 0.15) is 61.6 Å². The highest BCUT2D eigenvalue weighted by molar-refractivity contribution is 6.32. The maximum atomic E-state index is 13.3. The van der Waals surface area contributed by atoms with Crippen molar-refractivity contribution in [3.8, 4) is 11.5 Å². The first-order chi connectivity index (χ1) is 13.8. The van der Waals surface area contributed by atoms with Gasteiger partial charge in [-0.2, -0.15) is 0 Å². The number of hydrogen-bond acceptors (Lipinski definition) is 7. The van der Waals surface area contributed by atoms with Gasteiger partial charge in [0.05, 0.1) is 31.5 Å². The quantitative estimate of drug-likeness (QED) is 0.677. The van der Waals surface area contributed by atoms with Crippen LogP contribution in [0.3, 0.4) is 0 Å². The summed E-state index contributed by atoms with van der Waals surface area (Å²) in [5.74, 6) is -2.55. The lowest BCUT2D eigenvalue weighted by Gasteiger charge is -2.27. The van der Waals surface area contributed by atoms with Crippen LogP contribution in [0, 0.1) is 0 Å². The lowest BCUT2D eigenvalue weighted by Crippen LogP contribution is -2.31. The van der Waals surface area contributed by atoms with Gasteiger partial charge in [-0.25, -0.2) is 0 Å². The molecule has 2 aromatic carbocycles. The first-order valence-electron chi connectivity index (χ1n) is 9.21. The Balaban J connectivity index is 1.97. The minimum absolute atomic E-state index is 0.0828. The Morgan fingerprint density at radius 1 is 1.14 bits per heavy atom. The molecule has 29 heavy (non-hydrogen) atoms. The maximum absolute atomic E-state index is 13.3. The first-order valence-corrected chi connectivity index (χ1v) is 9.21. The highest BCUT2D eigenvalue weighted by Gasteiger charge is 2.40. The molecule has 2 aromatic rings. The number of ether oxygens (including phenoxy) is 3. The van der Waals surface area contributed by atoms with Crippen molar-refractivity contribution in [3.05, 3.63) is 57.6 Å². The smallest absolute Gasteiger partial charge is 0.202 e. The van der Waals surface area contributed by atoms with Gasteiger partial charge in [0.1, 0.15) is 11.5 Å². The maximum Gasteiger partial charge on any atom is 0.202 e. The van der Waals surface area contributed by atoms with Crippen LogP contribution in [0.2, 0.25) is 0 Å². The number of carbonyl (C=O) groups excluding carboxylic acids is 3. The van der Waals surface area contributed by atoms with Crippen LogP contribution in [0.15, 0.2) is 24.3 Å². The van der Waals surface area contributed by atoms with Crippen LogP contribution in [0.25, 0.3) is 0 Å². The molecule has 1 N–H and O–H groups in total. The second kappa shape index (κ2) is 6.79. The summed E-state index contributed by atoms with van der Waals surface area (Å²) in [4.78, 5) is 39.1. The molecule has 1 fully saturated rings. The lowest BCUT2D eigenvalue weighted by molar-refractivity contribution is -0.140. The number of ketones is 3. The summed E-state index contributed by atoms with van der Waals surface area (Å²) < 4.78 is 16.5. The molecule has 150 valence electrons. The fourth-order valence-corrected chi connectivity index (χ4v) is 4.11. The highest BCUT2D eigenvalue weighted by atomic mass is 16.7. The Hall–Kier alpha value is -3.03. The van der Waals surface area contributed by atoms with E-state index in [0.29, 0.717) is 18.8 Å². The molecule has 0 aromatic heterocycles. The standard InChI is InChI=1S/C22H20O7/c1-11(23)16-12(10-22(2)28-7-8-29-22)9-14(24)18-19(16)20(25)13-5-4-6-15(27-3)17(13)21(18)26/h4-6,9,24H,7-8,10H2,1-3H3. The molecule has 0 bridgehead atoms. The Morgan fingerprint density at radius 3 is 2.45 bits per heavy atom. The topological polar surface area (TPSA) is 99.1 Å². The van der Waals surface area contributed by atoms with Gasteiger partial charge in [0, 0.05) is 23.1 Å². The number of carbonyl (C=O) groups is 3. The van der Waals surface area contributed by atoms with E-state index in [-0.39, 0.29) is 51.5 Å². The van der Waals surface area contributed by atoms with Crippen LogP contribution in [-0.2, 0) is 15.9 Å². The highest BCUT2D eigenvalue weighted by Crippen LogP contribution is 2.41. The predicted octanol–water partition coefficient (Wildman–Crippen LogP) is 2.68. The number of methoxy groups -OCH3 is 1. The summed E-state index contributed by atoms with van der Waals surface area (Å²) in [6, 6.07) is 6.03. The Morgan fingerprint density at radius 2 is 1.83 bits per heavy atom. The van der Waals surface area contributed by atoms with E-state index >= 15 is 0 Å². The molecule has 7 heteroatoms. The molecule has 2 aliphatic rings. The molecule has 1 aliphatic heterocycles. The Kier molecular flexibility index (Phi) is 4.52. The summed E-state index contributed by atoms with van der Waals surface area (Å²) in [5.41, 5.74) is 0.453. The summed E-state index contributed by atoms with van der Waals surface area (Å²) in [7, 11) is 1.40. The van der Waals surface area contributed by atoms with Crippen molar-refractivity contribution in [1.29, 1.82) is 0 Å². The molecule has 7 nitrogen and oxygen atoms in total. The van der Waals surface area contributed by atoms with E-state index in [1.54, 1.807) is 19.1 Å². The van der Waals surface area contributed by atoms with Gasteiger partial charge in [0.15, 0.2) is 17.4 Å².